The lowest BCUT2D eigenvalue weighted by Gasteiger charge is -2.31. The second-order valence-corrected chi connectivity index (χ2v) is 12.1. The maximum absolute atomic E-state index is 12.9. The molecule has 13 heteroatoms. The monoisotopic (exact) mass is 553 g/mol. The van der Waals surface area contributed by atoms with Gasteiger partial charge in [-0.1, -0.05) is 13.8 Å². The molecule has 2 saturated heterocycles. The van der Waals surface area contributed by atoms with Gasteiger partial charge in [-0.2, -0.15) is 0 Å². The van der Waals surface area contributed by atoms with Gasteiger partial charge < -0.3 is 19.3 Å². The van der Waals surface area contributed by atoms with E-state index in [0.717, 1.165) is 15.1 Å². The quantitative estimate of drug-likeness (QED) is 0.277. The van der Waals surface area contributed by atoms with E-state index in [4.69, 9.17) is 4.74 Å². The van der Waals surface area contributed by atoms with Crippen molar-refractivity contribution in [2.24, 2.45) is 17.3 Å². The van der Waals surface area contributed by atoms with Crippen molar-refractivity contribution in [3.8, 4) is 11.3 Å². The van der Waals surface area contributed by atoms with Gasteiger partial charge in [0.1, 0.15) is 0 Å². The molecular weight excluding hydrogens is 526 g/mol. The number of ether oxygens (including phenoxy) is 1. The smallest absolute Gasteiger partial charge is 0.407 e. The molecule has 0 bridgehead atoms. The molecule has 6 rings (SSSR count). The van der Waals surface area contributed by atoms with E-state index in [9.17, 15) is 29.6 Å². The van der Waals surface area contributed by atoms with Crippen LogP contribution in [0.1, 0.15) is 24.4 Å². The minimum absolute atomic E-state index is 0.0484. The lowest BCUT2D eigenvalue weighted by molar-refractivity contribution is -0.385. The fraction of sp³-hybridized carbons (Fsp3) is 0.462. The highest BCUT2D eigenvalue weighted by Crippen LogP contribution is 2.63. The molecule has 1 saturated carbocycles. The first-order valence-electron chi connectivity index (χ1n) is 12.7. The van der Waals surface area contributed by atoms with Crippen LogP contribution in [0.25, 0.3) is 21.5 Å². The number of pyridine rings is 1. The Kier molecular flexibility index (Phi) is 5.77. The highest BCUT2D eigenvalue weighted by molar-refractivity contribution is 7.19. The van der Waals surface area contributed by atoms with Gasteiger partial charge in [-0.25, -0.2) is 4.79 Å². The predicted molar refractivity (Wildman–Crippen MR) is 140 cm³/mol. The Labute approximate surface area is 226 Å². The molecule has 39 heavy (non-hydrogen) atoms. The molecule has 0 radical (unpaired) electrons. The van der Waals surface area contributed by atoms with Gasteiger partial charge in [0.05, 0.1) is 70.7 Å². The highest BCUT2D eigenvalue weighted by Gasteiger charge is 2.72. The van der Waals surface area contributed by atoms with E-state index >= 15 is 0 Å². The summed E-state index contributed by atoms with van der Waals surface area (Å²) in [6.07, 6.45) is 0.120. The van der Waals surface area contributed by atoms with E-state index < -0.39 is 17.1 Å². The third kappa shape index (κ3) is 3.98. The van der Waals surface area contributed by atoms with Crippen molar-refractivity contribution in [2.75, 3.05) is 19.7 Å². The summed E-state index contributed by atoms with van der Waals surface area (Å²) in [5.74, 6) is -0.773. The van der Waals surface area contributed by atoms with E-state index in [0.29, 0.717) is 16.9 Å². The SMILES string of the molecule is Cc1c([N+](=O)[O-])cc(-c2ccnc3cc(CN4C(=O)C5C(C4=O)C5(C)C)sc23)n1C[C@@H]1CN(C(=O)O)CCO1. The molecule has 3 amide bonds. The number of amides is 3. The van der Waals surface area contributed by atoms with Gasteiger partial charge in [0.15, 0.2) is 0 Å². The number of carbonyl (C=O) groups excluding carboxylic acids is 2. The fourth-order valence-electron chi connectivity index (χ4n) is 6.06. The first-order chi connectivity index (χ1) is 18.5. The van der Waals surface area contributed by atoms with E-state index in [1.165, 1.54) is 27.2 Å². The molecule has 1 N–H and O–H groups in total. The molecule has 2 aliphatic heterocycles. The Morgan fingerprint density at radius 2 is 2.00 bits per heavy atom. The van der Waals surface area contributed by atoms with Crippen LogP contribution < -0.4 is 0 Å². The Morgan fingerprint density at radius 3 is 2.67 bits per heavy atom. The number of carbonyl (C=O) groups is 3. The summed E-state index contributed by atoms with van der Waals surface area (Å²) in [6.45, 7) is 6.63. The van der Waals surface area contributed by atoms with Gasteiger partial charge >= 0.3 is 6.09 Å². The molecule has 204 valence electrons. The summed E-state index contributed by atoms with van der Waals surface area (Å²) < 4.78 is 8.39. The Morgan fingerprint density at radius 1 is 1.28 bits per heavy atom. The van der Waals surface area contributed by atoms with Crippen molar-refractivity contribution in [3.05, 3.63) is 45.1 Å². The number of carboxylic acid groups (broad SMARTS) is 1. The van der Waals surface area contributed by atoms with Crippen molar-refractivity contribution >= 4 is 45.1 Å². The maximum Gasteiger partial charge on any atom is 0.407 e. The number of aromatic nitrogens is 2. The van der Waals surface area contributed by atoms with Crippen LogP contribution in [0.15, 0.2) is 24.4 Å². The predicted octanol–water partition coefficient (Wildman–Crippen LogP) is 3.50. The van der Waals surface area contributed by atoms with Gasteiger partial charge in [-0.05, 0) is 24.5 Å². The maximum atomic E-state index is 12.9. The second kappa shape index (κ2) is 8.85. The van der Waals surface area contributed by atoms with Crippen LogP contribution in [0.3, 0.4) is 0 Å². The van der Waals surface area contributed by atoms with E-state index in [-0.39, 0.29) is 67.5 Å². The van der Waals surface area contributed by atoms with Crippen LogP contribution in [0, 0.1) is 34.3 Å². The number of fused-ring (bicyclic) bond motifs is 2. The minimum atomic E-state index is -1.03. The molecule has 5 heterocycles. The molecule has 2 unspecified atom stereocenters. The van der Waals surface area contributed by atoms with Crippen LogP contribution in [-0.4, -0.2) is 73.1 Å². The number of hydrogen-bond donors (Lipinski definition) is 1. The van der Waals surface area contributed by atoms with Crippen LogP contribution in [0.2, 0.25) is 0 Å². The van der Waals surface area contributed by atoms with E-state index in [1.54, 1.807) is 23.8 Å². The van der Waals surface area contributed by atoms with E-state index in [2.05, 4.69) is 4.98 Å². The van der Waals surface area contributed by atoms with Crippen LogP contribution >= 0.6 is 11.3 Å². The summed E-state index contributed by atoms with van der Waals surface area (Å²) in [5.41, 5.74) is 2.08. The fourth-order valence-corrected chi connectivity index (χ4v) is 7.19. The van der Waals surface area contributed by atoms with E-state index in [1.807, 2.05) is 19.9 Å². The molecule has 1 aliphatic carbocycles. The Balaban J connectivity index is 1.34. The normalized spacial score (nSPS) is 23.9. The summed E-state index contributed by atoms with van der Waals surface area (Å²) in [4.78, 5) is 56.5. The number of likely N-dealkylation sites (tertiary alicyclic amines) is 1. The lowest BCUT2D eigenvalue weighted by Crippen LogP contribution is -2.46. The van der Waals surface area contributed by atoms with Crippen molar-refractivity contribution < 1.29 is 29.2 Å². The molecule has 3 fully saturated rings. The van der Waals surface area contributed by atoms with Crippen molar-refractivity contribution in [1.29, 1.82) is 0 Å². The zero-order chi connectivity index (χ0) is 27.8. The molecule has 0 aromatic carbocycles. The minimum Gasteiger partial charge on any atom is -0.465 e. The lowest BCUT2D eigenvalue weighted by atomic mass is 10.1. The van der Waals surface area contributed by atoms with Crippen molar-refractivity contribution in [1.82, 2.24) is 19.4 Å². The number of piperidine rings is 1. The number of morpholine rings is 1. The molecular formula is C26H27N5O7S. The number of thiophene rings is 1. The summed E-state index contributed by atoms with van der Waals surface area (Å²) in [6, 6.07) is 5.15. The van der Waals surface area contributed by atoms with Crippen molar-refractivity contribution in [3.63, 3.8) is 0 Å². The largest absolute Gasteiger partial charge is 0.465 e. The third-order valence-corrected chi connectivity index (χ3v) is 9.42. The first-order valence-corrected chi connectivity index (χ1v) is 13.5. The third-order valence-electron chi connectivity index (χ3n) is 8.28. The van der Waals surface area contributed by atoms with Crippen LogP contribution in [0.4, 0.5) is 10.5 Å². The molecule has 3 aromatic heterocycles. The highest BCUT2D eigenvalue weighted by atomic mass is 32.1. The zero-order valence-corrected chi connectivity index (χ0v) is 22.4. The van der Waals surface area contributed by atoms with Gasteiger partial charge in [-0.3, -0.25) is 29.6 Å². The van der Waals surface area contributed by atoms with Crippen LogP contribution in [0.5, 0.6) is 0 Å². The average molecular weight is 554 g/mol. The molecule has 3 aliphatic rings. The number of hydrogen-bond acceptors (Lipinski definition) is 8. The summed E-state index contributed by atoms with van der Waals surface area (Å²) in [7, 11) is 0. The molecule has 0 spiro atoms. The summed E-state index contributed by atoms with van der Waals surface area (Å²) >= 11 is 1.40. The number of rotatable bonds is 6. The standard InChI is InChI=1S/C26H27N5O7S/c1-13-18(31(36)37)9-19(29(13)11-14-10-28(25(34)35)6-7-38-14)16-4-5-27-17-8-15(39-22(16)17)12-30-23(32)20-21(24(30)33)26(20,2)3/h4-5,8-9,14,20-21H,6-7,10-12H2,1-3H3,(H,34,35)/t14-,20?,21?/m0/s1. The zero-order valence-electron chi connectivity index (χ0n) is 21.6. The average Bonchev–Trinajstić information content (AvgIpc) is 3.17. The van der Waals surface area contributed by atoms with Gasteiger partial charge in [0.25, 0.3) is 5.69 Å². The molecule has 3 atom stereocenters. The summed E-state index contributed by atoms with van der Waals surface area (Å²) in [5, 5.41) is 21.3. The van der Waals surface area contributed by atoms with Crippen molar-refractivity contribution in [2.45, 2.75) is 40.0 Å². The topological polar surface area (TPSA) is 148 Å². The second-order valence-electron chi connectivity index (χ2n) is 10.9. The van der Waals surface area contributed by atoms with Gasteiger partial charge in [-0.15, -0.1) is 11.3 Å². The van der Waals surface area contributed by atoms with Gasteiger partial charge in [0, 0.05) is 29.2 Å². The number of imide groups is 1. The first kappa shape index (κ1) is 25.4. The Bertz CT molecular complexity index is 1540. The number of nitro groups is 1. The Hall–Kier alpha value is -3.84. The molecule has 12 nitrogen and oxygen atoms in total. The number of nitrogens with zero attached hydrogens (tertiary/aromatic N) is 5. The molecule has 3 aromatic rings. The van der Waals surface area contributed by atoms with Crippen LogP contribution in [-0.2, 0) is 27.4 Å². The van der Waals surface area contributed by atoms with Gasteiger partial charge in [0.2, 0.25) is 11.8 Å².